The van der Waals surface area contributed by atoms with Gasteiger partial charge in [-0.3, -0.25) is 4.57 Å². The first-order valence-electron chi connectivity index (χ1n) is 12.5. The number of fused-ring (bicyclic) bond motifs is 3. The lowest BCUT2D eigenvalue weighted by Crippen LogP contribution is -2.00. The average molecular weight is 474 g/mol. The van der Waals surface area contributed by atoms with Crippen LogP contribution < -0.4 is 0 Å². The van der Waals surface area contributed by atoms with Gasteiger partial charge in [0.1, 0.15) is 5.65 Å². The van der Waals surface area contributed by atoms with Crippen molar-refractivity contribution in [3.05, 3.63) is 140 Å². The molecular weight excluding hydrogens is 450 g/mol. The summed E-state index contributed by atoms with van der Waals surface area (Å²) in [5.74, 6) is 0.714. The van der Waals surface area contributed by atoms with Crippen LogP contribution in [0.2, 0.25) is 0 Å². The van der Waals surface area contributed by atoms with Crippen molar-refractivity contribution < 1.29 is 0 Å². The second kappa shape index (κ2) is 8.89. The molecular formula is C34H23N3. The smallest absolute Gasteiger partial charge is 0.162 e. The molecule has 0 fully saturated rings. The van der Waals surface area contributed by atoms with Crippen LogP contribution in [-0.2, 0) is 0 Å². The number of para-hydroxylation sites is 2. The van der Waals surface area contributed by atoms with Gasteiger partial charge in [0.25, 0.3) is 0 Å². The quantitative estimate of drug-likeness (QED) is 0.256. The summed E-state index contributed by atoms with van der Waals surface area (Å²) in [6.07, 6.45) is 0. The highest BCUT2D eigenvalue weighted by Gasteiger charge is 2.21. The van der Waals surface area contributed by atoms with Gasteiger partial charge in [-0.2, -0.15) is 0 Å². The number of nitrogens with zero attached hydrogens (tertiary/aromatic N) is 3. The minimum Gasteiger partial charge on any atom is -0.294 e. The Morgan fingerprint density at radius 3 is 1.76 bits per heavy atom. The van der Waals surface area contributed by atoms with Crippen molar-refractivity contribution in [3.8, 4) is 39.5 Å². The lowest BCUT2D eigenvalue weighted by atomic mass is 9.98. The monoisotopic (exact) mass is 473 g/mol. The number of aromatic nitrogens is 3. The molecule has 0 aliphatic carbocycles. The maximum absolute atomic E-state index is 5.28. The summed E-state index contributed by atoms with van der Waals surface area (Å²) in [6.45, 7) is 0. The van der Waals surface area contributed by atoms with Crippen LogP contribution in [0.3, 0.4) is 0 Å². The summed E-state index contributed by atoms with van der Waals surface area (Å²) in [6, 6.07) is 48.2. The molecule has 37 heavy (non-hydrogen) atoms. The van der Waals surface area contributed by atoms with E-state index in [4.69, 9.17) is 9.97 Å². The normalized spacial score (nSPS) is 11.2. The van der Waals surface area contributed by atoms with Crippen molar-refractivity contribution in [2.24, 2.45) is 0 Å². The van der Waals surface area contributed by atoms with E-state index in [1.165, 1.54) is 0 Å². The first kappa shape index (κ1) is 21.3. The van der Waals surface area contributed by atoms with E-state index >= 15 is 0 Å². The van der Waals surface area contributed by atoms with Crippen molar-refractivity contribution in [2.75, 3.05) is 0 Å². The fourth-order valence-corrected chi connectivity index (χ4v) is 5.16. The van der Waals surface area contributed by atoms with E-state index in [1.807, 2.05) is 18.2 Å². The Kier molecular flexibility index (Phi) is 5.11. The Morgan fingerprint density at radius 2 is 1.03 bits per heavy atom. The molecule has 0 bridgehead atoms. The fraction of sp³-hybridized carbons (Fsp3) is 0. The molecule has 0 aliphatic rings. The molecule has 2 heterocycles. The molecule has 3 heteroatoms. The van der Waals surface area contributed by atoms with Crippen molar-refractivity contribution in [3.63, 3.8) is 0 Å². The van der Waals surface area contributed by atoms with Gasteiger partial charge >= 0.3 is 0 Å². The highest BCUT2D eigenvalue weighted by Crippen LogP contribution is 2.39. The molecule has 7 rings (SSSR count). The van der Waals surface area contributed by atoms with Gasteiger partial charge in [0, 0.05) is 22.2 Å². The minimum absolute atomic E-state index is 0.714. The number of hydrogen-bond acceptors (Lipinski definition) is 2. The van der Waals surface area contributed by atoms with Gasteiger partial charge in [-0.1, -0.05) is 121 Å². The van der Waals surface area contributed by atoms with Crippen molar-refractivity contribution >= 4 is 21.9 Å². The van der Waals surface area contributed by atoms with E-state index in [2.05, 4.69) is 126 Å². The third-order valence-corrected chi connectivity index (χ3v) is 6.83. The Morgan fingerprint density at radius 1 is 0.459 bits per heavy atom. The van der Waals surface area contributed by atoms with Crippen LogP contribution in [0, 0.1) is 0 Å². The van der Waals surface area contributed by atoms with Crippen LogP contribution in [0.15, 0.2) is 140 Å². The summed E-state index contributed by atoms with van der Waals surface area (Å²) < 4.78 is 2.26. The minimum atomic E-state index is 0.714. The van der Waals surface area contributed by atoms with E-state index in [-0.39, 0.29) is 0 Å². The van der Waals surface area contributed by atoms with Gasteiger partial charge in [0.2, 0.25) is 0 Å². The Labute approximate surface area is 215 Å². The van der Waals surface area contributed by atoms with Gasteiger partial charge in [-0.15, -0.1) is 0 Å². The first-order chi connectivity index (χ1) is 18.4. The third kappa shape index (κ3) is 3.60. The van der Waals surface area contributed by atoms with Crippen molar-refractivity contribution in [1.82, 2.24) is 14.5 Å². The maximum atomic E-state index is 5.28. The summed E-state index contributed by atoms with van der Waals surface area (Å²) in [7, 11) is 0. The van der Waals surface area contributed by atoms with Gasteiger partial charge in [0.05, 0.1) is 16.6 Å². The molecule has 0 radical (unpaired) electrons. The Balaban J connectivity index is 1.62. The zero-order valence-corrected chi connectivity index (χ0v) is 20.1. The molecule has 0 saturated carbocycles. The third-order valence-electron chi connectivity index (χ3n) is 6.83. The van der Waals surface area contributed by atoms with Crippen LogP contribution in [0.25, 0.3) is 61.4 Å². The molecule has 2 aromatic heterocycles. The van der Waals surface area contributed by atoms with Crippen LogP contribution in [0.5, 0.6) is 0 Å². The molecule has 0 amide bonds. The van der Waals surface area contributed by atoms with Gasteiger partial charge in [0.15, 0.2) is 5.82 Å². The summed E-state index contributed by atoms with van der Waals surface area (Å²) in [4.78, 5) is 10.5. The van der Waals surface area contributed by atoms with Gasteiger partial charge in [-0.25, -0.2) is 9.97 Å². The fourth-order valence-electron chi connectivity index (χ4n) is 5.16. The molecule has 5 aromatic carbocycles. The Bertz CT molecular complexity index is 1850. The van der Waals surface area contributed by atoms with Crippen LogP contribution >= 0.6 is 0 Å². The van der Waals surface area contributed by atoms with E-state index in [0.29, 0.717) is 5.82 Å². The largest absolute Gasteiger partial charge is 0.294 e. The molecule has 0 saturated heterocycles. The molecule has 0 atom stereocenters. The van der Waals surface area contributed by atoms with Crippen molar-refractivity contribution in [1.29, 1.82) is 0 Å². The number of benzene rings is 5. The summed E-state index contributed by atoms with van der Waals surface area (Å²) in [5.41, 5.74) is 8.38. The standard InChI is InChI=1S/C34H23N3/c1-4-14-24(15-5-1)27-20-10-11-21-28(27)33-35-32(25-16-6-2-7-17-25)31-29-22-12-13-23-30(29)37(34(31)36-33)26-18-8-3-9-19-26/h1-23H. The highest BCUT2D eigenvalue weighted by molar-refractivity contribution is 6.14. The lowest BCUT2D eigenvalue weighted by molar-refractivity contribution is 1.11. The molecule has 7 aromatic rings. The summed E-state index contributed by atoms with van der Waals surface area (Å²) in [5, 5.41) is 2.20. The van der Waals surface area contributed by atoms with Gasteiger partial charge < -0.3 is 0 Å². The van der Waals surface area contributed by atoms with Crippen molar-refractivity contribution in [2.45, 2.75) is 0 Å². The first-order valence-corrected chi connectivity index (χ1v) is 12.5. The molecule has 0 unspecified atom stereocenters. The second-order valence-electron chi connectivity index (χ2n) is 9.06. The number of hydrogen-bond donors (Lipinski definition) is 0. The second-order valence-corrected chi connectivity index (χ2v) is 9.06. The highest BCUT2D eigenvalue weighted by atomic mass is 15.1. The molecule has 0 N–H and O–H groups in total. The lowest BCUT2D eigenvalue weighted by Gasteiger charge is -2.13. The average Bonchev–Trinajstić information content (AvgIpc) is 3.32. The van der Waals surface area contributed by atoms with Gasteiger partial charge in [-0.05, 0) is 29.3 Å². The van der Waals surface area contributed by atoms with Crippen LogP contribution in [0.1, 0.15) is 0 Å². The molecule has 0 spiro atoms. The number of rotatable bonds is 4. The maximum Gasteiger partial charge on any atom is 0.162 e. The zero-order valence-electron chi connectivity index (χ0n) is 20.1. The molecule has 3 nitrogen and oxygen atoms in total. The SMILES string of the molecule is c1ccc(-c2ccccc2-c2nc(-c3ccccc3)c3c4ccccc4n(-c4ccccc4)c3n2)cc1. The molecule has 174 valence electrons. The predicted molar refractivity (Wildman–Crippen MR) is 153 cm³/mol. The predicted octanol–water partition coefficient (Wildman–Crippen LogP) is 8.57. The molecule has 0 aliphatic heterocycles. The van der Waals surface area contributed by atoms with E-state index in [9.17, 15) is 0 Å². The Hall–Kier alpha value is -5.02. The van der Waals surface area contributed by atoms with E-state index < -0.39 is 0 Å². The van der Waals surface area contributed by atoms with Crippen LogP contribution in [0.4, 0.5) is 0 Å². The topological polar surface area (TPSA) is 30.7 Å². The summed E-state index contributed by atoms with van der Waals surface area (Å²) >= 11 is 0. The van der Waals surface area contributed by atoms with E-state index in [0.717, 1.165) is 55.6 Å². The zero-order chi connectivity index (χ0) is 24.6. The van der Waals surface area contributed by atoms with E-state index in [1.54, 1.807) is 0 Å². The van der Waals surface area contributed by atoms with Crippen LogP contribution in [-0.4, -0.2) is 14.5 Å².